The van der Waals surface area contributed by atoms with Gasteiger partial charge < -0.3 is 4.74 Å². The Labute approximate surface area is 143 Å². The Morgan fingerprint density at radius 1 is 1.12 bits per heavy atom. The molecule has 0 saturated carbocycles. The summed E-state index contributed by atoms with van der Waals surface area (Å²) < 4.78 is 7.40. The largest absolute Gasteiger partial charge is 0.381 e. The summed E-state index contributed by atoms with van der Waals surface area (Å²) in [4.78, 5) is 2.26. The van der Waals surface area contributed by atoms with Gasteiger partial charge in [-0.25, -0.2) is 4.68 Å². The average molecular weight is 329 g/mol. The first-order valence-corrected chi connectivity index (χ1v) is 8.68. The van der Waals surface area contributed by atoms with Crippen molar-refractivity contribution in [3.8, 4) is 0 Å². The highest BCUT2D eigenvalue weighted by Crippen LogP contribution is 2.17. The predicted molar refractivity (Wildman–Crippen MR) is 92.4 cm³/mol. The first-order chi connectivity index (χ1) is 11.6. The second kappa shape index (κ2) is 7.85. The number of aromatic nitrogens is 4. The minimum Gasteiger partial charge on any atom is -0.381 e. The summed E-state index contributed by atoms with van der Waals surface area (Å²) in [5.74, 6) is 1.55. The highest BCUT2D eigenvalue weighted by Gasteiger charge is 2.18. The summed E-state index contributed by atoms with van der Waals surface area (Å²) in [5, 5.41) is 12.3. The van der Waals surface area contributed by atoms with Gasteiger partial charge in [-0.2, -0.15) is 0 Å². The van der Waals surface area contributed by atoms with E-state index in [0.717, 1.165) is 51.5 Å². The van der Waals surface area contributed by atoms with Crippen LogP contribution in [0.4, 0.5) is 0 Å². The molecule has 1 saturated heterocycles. The van der Waals surface area contributed by atoms with Crippen molar-refractivity contribution in [3.63, 3.8) is 0 Å². The van der Waals surface area contributed by atoms with Crippen LogP contribution in [0.2, 0.25) is 0 Å². The third-order valence-corrected chi connectivity index (χ3v) is 4.52. The summed E-state index contributed by atoms with van der Waals surface area (Å²) in [6.45, 7) is 8.54. The first-order valence-electron chi connectivity index (χ1n) is 8.68. The van der Waals surface area contributed by atoms with Crippen LogP contribution in [0, 0.1) is 19.8 Å². The zero-order chi connectivity index (χ0) is 16.9. The second-order valence-electron chi connectivity index (χ2n) is 7.00. The number of benzene rings is 1. The molecule has 0 N–H and O–H groups in total. The van der Waals surface area contributed by atoms with Gasteiger partial charge in [-0.1, -0.05) is 29.3 Å². The van der Waals surface area contributed by atoms with Gasteiger partial charge in [-0.15, -0.1) is 5.10 Å². The standard InChI is InChI=1S/C18H27N5O/c1-14-8-15(2)10-17(9-14)11-22(3)13-18-19-20-21-23(18)12-16-4-6-24-7-5-16/h8-10,16H,4-7,11-13H2,1-3H3. The van der Waals surface area contributed by atoms with E-state index in [9.17, 15) is 0 Å². The number of ether oxygens (including phenoxy) is 1. The van der Waals surface area contributed by atoms with Crippen LogP contribution >= 0.6 is 0 Å². The normalized spacial score (nSPS) is 16.0. The van der Waals surface area contributed by atoms with Gasteiger partial charge >= 0.3 is 0 Å². The topological polar surface area (TPSA) is 56.1 Å². The summed E-state index contributed by atoms with van der Waals surface area (Å²) in [6.07, 6.45) is 2.19. The van der Waals surface area contributed by atoms with E-state index in [1.165, 1.54) is 16.7 Å². The fourth-order valence-electron chi connectivity index (χ4n) is 3.42. The van der Waals surface area contributed by atoms with Crippen LogP contribution in [-0.4, -0.2) is 45.4 Å². The van der Waals surface area contributed by atoms with Crippen LogP contribution in [0.5, 0.6) is 0 Å². The molecule has 1 fully saturated rings. The van der Waals surface area contributed by atoms with E-state index in [1.54, 1.807) is 0 Å². The van der Waals surface area contributed by atoms with E-state index >= 15 is 0 Å². The Balaban J connectivity index is 1.60. The molecule has 6 heteroatoms. The lowest BCUT2D eigenvalue weighted by atomic mass is 10.0. The average Bonchev–Trinajstić information content (AvgIpc) is 2.94. The maximum absolute atomic E-state index is 5.43. The van der Waals surface area contributed by atoms with E-state index in [2.05, 4.69) is 59.5 Å². The van der Waals surface area contributed by atoms with Crippen molar-refractivity contribution >= 4 is 0 Å². The van der Waals surface area contributed by atoms with Gasteiger partial charge in [0.05, 0.1) is 6.54 Å². The monoisotopic (exact) mass is 329 g/mol. The van der Waals surface area contributed by atoms with Crippen molar-refractivity contribution in [1.29, 1.82) is 0 Å². The summed E-state index contributed by atoms with van der Waals surface area (Å²) in [6, 6.07) is 6.70. The maximum Gasteiger partial charge on any atom is 0.165 e. The molecule has 1 aromatic carbocycles. The summed E-state index contributed by atoms with van der Waals surface area (Å²) in [5.41, 5.74) is 3.95. The molecule has 0 amide bonds. The molecule has 24 heavy (non-hydrogen) atoms. The van der Waals surface area contributed by atoms with Crippen molar-refractivity contribution in [2.24, 2.45) is 5.92 Å². The Kier molecular flexibility index (Phi) is 5.58. The fourth-order valence-corrected chi connectivity index (χ4v) is 3.42. The fraction of sp³-hybridized carbons (Fsp3) is 0.611. The SMILES string of the molecule is Cc1cc(C)cc(CN(C)Cc2nnnn2CC2CCOCC2)c1. The molecule has 2 heterocycles. The molecular weight excluding hydrogens is 302 g/mol. The lowest BCUT2D eigenvalue weighted by Gasteiger charge is -2.22. The number of hydrogen-bond acceptors (Lipinski definition) is 5. The van der Waals surface area contributed by atoms with Crippen LogP contribution in [0.3, 0.4) is 0 Å². The Morgan fingerprint density at radius 3 is 2.54 bits per heavy atom. The minimum absolute atomic E-state index is 0.616. The van der Waals surface area contributed by atoms with Crippen LogP contribution < -0.4 is 0 Å². The van der Waals surface area contributed by atoms with E-state index in [-0.39, 0.29) is 0 Å². The Hall–Kier alpha value is -1.79. The quantitative estimate of drug-likeness (QED) is 0.814. The maximum atomic E-state index is 5.43. The van der Waals surface area contributed by atoms with Crippen molar-refractivity contribution in [3.05, 3.63) is 40.7 Å². The number of hydrogen-bond donors (Lipinski definition) is 0. The molecule has 6 nitrogen and oxygen atoms in total. The molecule has 0 unspecified atom stereocenters. The lowest BCUT2D eigenvalue weighted by Crippen LogP contribution is -2.25. The van der Waals surface area contributed by atoms with Gasteiger partial charge in [0, 0.05) is 26.3 Å². The molecule has 0 bridgehead atoms. The van der Waals surface area contributed by atoms with Gasteiger partial charge in [-0.3, -0.25) is 4.90 Å². The highest BCUT2D eigenvalue weighted by atomic mass is 16.5. The molecule has 1 aliphatic rings. The smallest absolute Gasteiger partial charge is 0.165 e. The van der Waals surface area contributed by atoms with Crippen LogP contribution in [0.15, 0.2) is 18.2 Å². The van der Waals surface area contributed by atoms with E-state index < -0.39 is 0 Å². The van der Waals surface area contributed by atoms with Crippen LogP contribution in [-0.2, 0) is 24.4 Å². The molecular formula is C18H27N5O. The molecule has 0 radical (unpaired) electrons. The van der Waals surface area contributed by atoms with Gasteiger partial charge in [-0.05, 0) is 55.6 Å². The van der Waals surface area contributed by atoms with Crippen molar-refractivity contribution in [2.45, 2.75) is 46.3 Å². The minimum atomic E-state index is 0.616. The Bertz CT molecular complexity index is 643. The highest BCUT2D eigenvalue weighted by molar-refractivity contribution is 5.28. The summed E-state index contributed by atoms with van der Waals surface area (Å²) >= 11 is 0. The molecule has 3 rings (SSSR count). The third kappa shape index (κ3) is 4.61. The van der Waals surface area contributed by atoms with Gasteiger partial charge in [0.2, 0.25) is 0 Å². The second-order valence-corrected chi connectivity index (χ2v) is 7.00. The lowest BCUT2D eigenvalue weighted by molar-refractivity contribution is 0.0594. The van der Waals surface area contributed by atoms with Crippen LogP contribution in [0.25, 0.3) is 0 Å². The molecule has 0 atom stereocenters. The Morgan fingerprint density at radius 2 is 1.83 bits per heavy atom. The summed E-state index contributed by atoms with van der Waals surface area (Å²) in [7, 11) is 2.12. The molecule has 2 aromatic rings. The zero-order valence-electron chi connectivity index (χ0n) is 14.9. The molecule has 0 spiro atoms. The molecule has 1 aliphatic heterocycles. The first kappa shape index (κ1) is 17.0. The molecule has 0 aliphatic carbocycles. The third-order valence-electron chi connectivity index (χ3n) is 4.52. The van der Waals surface area contributed by atoms with E-state index in [4.69, 9.17) is 4.74 Å². The zero-order valence-corrected chi connectivity index (χ0v) is 14.9. The van der Waals surface area contributed by atoms with Crippen LogP contribution in [0.1, 0.15) is 35.4 Å². The predicted octanol–water partition coefficient (Wildman–Crippen LogP) is 2.35. The van der Waals surface area contributed by atoms with Gasteiger partial charge in [0.15, 0.2) is 5.82 Å². The molecule has 1 aromatic heterocycles. The van der Waals surface area contributed by atoms with Gasteiger partial charge in [0.1, 0.15) is 0 Å². The van der Waals surface area contributed by atoms with Gasteiger partial charge in [0.25, 0.3) is 0 Å². The molecule has 130 valence electrons. The van der Waals surface area contributed by atoms with Crippen molar-refractivity contribution in [2.75, 3.05) is 20.3 Å². The van der Waals surface area contributed by atoms with E-state index in [0.29, 0.717) is 5.92 Å². The number of rotatable bonds is 6. The van der Waals surface area contributed by atoms with Crippen molar-refractivity contribution < 1.29 is 4.74 Å². The van der Waals surface area contributed by atoms with Crippen molar-refractivity contribution in [1.82, 2.24) is 25.1 Å². The number of tetrazole rings is 1. The number of aryl methyl sites for hydroxylation is 2. The number of nitrogens with zero attached hydrogens (tertiary/aromatic N) is 5. The van der Waals surface area contributed by atoms with E-state index in [1.807, 2.05) is 4.68 Å².